The van der Waals surface area contributed by atoms with E-state index >= 15 is 0 Å². The Morgan fingerprint density at radius 3 is 2.54 bits per heavy atom. The molecule has 0 unspecified atom stereocenters. The number of fused-ring (bicyclic) bond motifs is 1. The summed E-state index contributed by atoms with van der Waals surface area (Å²) in [7, 11) is 0. The number of hydrogen-bond donors (Lipinski definition) is 0. The van der Waals surface area contributed by atoms with Gasteiger partial charge in [0, 0.05) is 22.2 Å². The molecule has 4 aromatic rings. The molecule has 2 aromatic carbocycles. The molecule has 4 rings (SSSR count). The van der Waals surface area contributed by atoms with E-state index < -0.39 is 0 Å². The van der Waals surface area contributed by atoms with Gasteiger partial charge in [0.15, 0.2) is 0 Å². The SMILES string of the molecule is Cc1c(/C=N/n2cnnc2)c2ccccc2n1CCOc1ccccc1. The van der Waals surface area contributed by atoms with Crippen LogP contribution in [0.2, 0.25) is 0 Å². The fourth-order valence-corrected chi connectivity index (χ4v) is 3.06. The van der Waals surface area contributed by atoms with Gasteiger partial charge in [-0.3, -0.25) is 0 Å². The third-order valence-corrected chi connectivity index (χ3v) is 4.33. The largest absolute Gasteiger partial charge is 0.492 e. The van der Waals surface area contributed by atoms with Gasteiger partial charge < -0.3 is 9.30 Å². The van der Waals surface area contributed by atoms with Gasteiger partial charge in [-0.15, -0.1) is 10.2 Å². The first kappa shape index (κ1) is 16.1. The van der Waals surface area contributed by atoms with Gasteiger partial charge in [0.2, 0.25) is 0 Å². The summed E-state index contributed by atoms with van der Waals surface area (Å²) in [5, 5.41) is 13.1. The van der Waals surface area contributed by atoms with Crippen molar-refractivity contribution in [1.29, 1.82) is 0 Å². The molecular formula is C20H19N5O. The lowest BCUT2D eigenvalue weighted by Gasteiger charge is -2.10. The molecule has 0 atom stereocenters. The Balaban J connectivity index is 1.61. The molecule has 6 nitrogen and oxygen atoms in total. The minimum absolute atomic E-state index is 0.603. The maximum absolute atomic E-state index is 5.87. The lowest BCUT2D eigenvalue weighted by atomic mass is 10.1. The highest BCUT2D eigenvalue weighted by Crippen LogP contribution is 2.24. The Bertz CT molecular complexity index is 1020. The lowest BCUT2D eigenvalue weighted by molar-refractivity contribution is 0.299. The average molecular weight is 345 g/mol. The Hall–Kier alpha value is -3.41. The number of hydrogen-bond acceptors (Lipinski definition) is 4. The summed E-state index contributed by atoms with van der Waals surface area (Å²) in [6.07, 6.45) is 4.99. The van der Waals surface area contributed by atoms with Gasteiger partial charge >= 0.3 is 0 Å². The summed E-state index contributed by atoms with van der Waals surface area (Å²) in [4.78, 5) is 0. The Labute approximate surface area is 151 Å². The fourth-order valence-electron chi connectivity index (χ4n) is 3.06. The van der Waals surface area contributed by atoms with Crippen molar-refractivity contribution in [2.75, 3.05) is 6.61 Å². The van der Waals surface area contributed by atoms with Crippen LogP contribution in [0, 0.1) is 6.92 Å². The second-order valence-electron chi connectivity index (χ2n) is 5.92. The molecule has 2 aromatic heterocycles. The number of rotatable bonds is 6. The summed E-state index contributed by atoms with van der Waals surface area (Å²) in [5.74, 6) is 0.885. The van der Waals surface area contributed by atoms with E-state index in [1.807, 2.05) is 42.6 Å². The van der Waals surface area contributed by atoms with Crippen molar-refractivity contribution in [3.8, 4) is 5.75 Å². The highest BCUT2D eigenvalue weighted by Gasteiger charge is 2.12. The third kappa shape index (κ3) is 3.21. The molecule has 0 aliphatic carbocycles. The van der Waals surface area contributed by atoms with Gasteiger partial charge in [-0.2, -0.15) is 5.10 Å². The molecule has 0 aliphatic rings. The maximum atomic E-state index is 5.87. The van der Waals surface area contributed by atoms with Crippen molar-refractivity contribution in [3.63, 3.8) is 0 Å². The van der Waals surface area contributed by atoms with Crippen molar-refractivity contribution in [2.24, 2.45) is 5.10 Å². The van der Waals surface area contributed by atoms with E-state index in [4.69, 9.17) is 4.74 Å². The van der Waals surface area contributed by atoms with Crippen LogP contribution in [-0.4, -0.2) is 32.3 Å². The van der Waals surface area contributed by atoms with Gasteiger partial charge in [-0.1, -0.05) is 36.4 Å². The Morgan fingerprint density at radius 2 is 1.73 bits per heavy atom. The average Bonchev–Trinajstić information content (AvgIpc) is 3.28. The fraction of sp³-hybridized carbons (Fsp3) is 0.150. The minimum atomic E-state index is 0.603. The second kappa shape index (κ2) is 7.23. The normalized spacial score (nSPS) is 11.4. The number of nitrogens with zero attached hydrogens (tertiary/aromatic N) is 5. The van der Waals surface area contributed by atoms with Gasteiger partial charge in [-0.05, 0) is 25.1 Å². The van der Waals surface area contributed by atoms with Gasteiger partial charge in [0.25, 0.3) is 0 Å². The van der Waals surface area contributed by atoms with Crippen LogP contribution in [0.25, 0.3) is 10.9 Å². The predicted octanol–water partition coefficient (Wildman–Crippen LogP) is 3.50. The van der Waals surface area contributed by atoms with Gasteiger partial charge in [0.1, 0.15) is 25.0 Å². The van der Waals surface area contributed by atoms with E-state index in [9.17, 15) is 0 Å². The van der Waals surface area contributed by atoms with Crippen molar-refractivity contribution in [3.05, 3.63) is 78.5 Å². The topological polar surface area (TPSA) is 57.2 Å². The van der Waals surface area contributed by atoms with E-state index in [1.54, 1.807) is 17.3 Å². The molecule has 0 aliphatic heterocycles. The van der Waals surface area contributed by atoms with E-state index in [0.29, 0.717) is 6.61 Å². The summed E-state index contributed by atoms with van der Waals surface area (Å²) >= 11 is 0. The molecular weight excluding hydrogens is 326 g/mol. The highest BCUT2D eigenvalue weighted by atomic mass is 16.5. The Morgan fingerprint density at radius 1 is 1.00 bits per heavy atom. The molecule has 6 heteroatoms. The zero-order valence-electron chi connectivity index (χ0n) is 14.5. The van der Waals surface area contributed by atoms with Crippen LogP contribution in [0.15, 0.2) is 72.4 Å². The smallest absolute Gasteiger partial charge is 0.141 e. The molecule has 0 N–H and O–H groups in total. The number of para-hydroxylation sites is 2. The molecule has 0 saturated carbocycles. The summed E-state index contributed by atoms with van der Waals surface area (Å²) in [6.45, 7) is 3.48. The maximum Gasteiger partial charge on any atom is 0.141 e. The third-order valence-electron chi connectivity index (χ3n) is 4.33. The molecule has 0 amide bonds. The highest BCUT2D eigenvalue weighted by molar-refractivity contribution is 6.01. The molecule has 26 heavy (non-hydrogen) atoms. The molecule has 130 valence electrons. The van der Waals surface area contributed by atoms with Crippen molar-refractivity contribution >= 4 is 17.1 Å². The van der Waals surface area contributed by atoms with Crippen LogP contribution >= 0.6 is 0 Å². The van der Waals surface area contributed by atoms with Crippen molar-refractivity contribution in [2.45, 2.75) is 13.5 Å². The van der Waals surface area contributed by atoms with Crippen LogP contribution in [0.4, 0.5) is 0 Å². The zero-order chi connectivity index (χ0) is 17.8. The van der Waals surface area contributed by atoms with Gasteiger partial charge in [-0.25, -0.2) is 4.68 Å². The first-order chi connectivity index (χ1) is 12.8. The van der Waals surface area contributed by atoms with E-state index in [0.717, 1.165) is 23.6 Å². The number of benzene rings is 2. The van der Waals surface area contributed by atoms with Crippen molar-refractivity contribution < 1.29 is 4.74 Å². The number of ether oxygens (including phenoxy) is 1. The van der Waals surface area contributed by atoms with Crippen LogP contribution in [-0.2, 0) is 6.54 Å². The molecule has 0 spiro atoms. The van der Waals surface area contributed by atoms with Crippen LogP contribution < -0.4 is 4.74 Å². The molecule has 0 radical (unpaired) electrons. The summed E-state index contributed by atoms with van der Waals surface area (Å²) in [6, 6.07) is 18.2. The molecule has 0 fully saturated rings. The lowest BCUT2D eigenvalue weighted by Crippen LogP contribution is -2.09. The summed E-state index contributed by atoms with van der Waals surface area (Å²) in [5.41, 5.74) is 3.42. The first-order valence-corrected chi connectivity index (χ1v) is 8.47. The van der Waals surface area contributed by atoms with Crippen molar-refractivity contribution in [1.82, 2.24) is 19.4 Å². The van der Waals surface area contributed by atoms with E-state index in [1.165, 1.54) is 10.9 Å². The first-order valence-electron chi connectivity index (χ1n) is 8.47. The van der Waals surface area contributed by atoms with Gasteiger partial charge in [0.05, 0.1) is 12.8 Å². The quantitative estimate of drug-likeness (QED) is 0.503. The van der Waals surface area contributed by atoms with Crippen LogP contribution in [0.3, 0.4) is 0 Å². The minimum Gasteiger partial charge on any atom is -0.492 e. The van der Waals surface area contributed by atoms with Crippen LogP contribution in [0.1, 0.15) is 11.3 Å². The predicted molar refractivity (Wildman–Crippen MR) is 102 cm³/mol. The zero-order valence-corrected chi connectivity index (χ0v) is 14.5. The van der Waals surface area contributed by atoms with E-state index in [-0.39, 0.29) is 0 Å². The standard InChI is InChI=1S/C20H19N5O/c1-16-19(13-23-24-14-21-22-15-24)18-9-5-6-10-20(18)25(16)11-12-26-17-7-3-2-4-8-17/h2-10,13-15H,11-12H2,1H3/b23-13+. The summed E-state index contributed by atoms with van der Waals surface area (Å²) < 4.78 is 9.72. The Kier molecular flexibility index (Phi) is 4.47. The number of aromatic nitrogens is 4. The monoisotopic (exact) mass is 345 g/mol. The van der Waals surface area contributed by atoms with E-state index in [2.05, 4.69) is 45.0 Å². The molecule has 0 bridgehead atoms. The molecule has 2 heterocycles. The molecule has 0 saturated heterocycles. The second-order valence-corrected chi connectivity index (χ2v) is 5.92. The van der Waals surface area contributed by atoms with Crippen LogP contribution in [0.5, 0.6) is 5.75 Å².